The molecule has 1 heterocycles. The number of esters is 1. The van der Waals surface area contributed by atoms with Gasteiger partial charge in [0.1, 0.15) is 5.75 Å². The number of carbonyl (C=O) groups is 1. The van der Waals surface area contributed by atoms with Crippen molar-refractivity contribution in [2.45, 2.75) is 53.6 Å². The molecular formula is C33H36BrN3O6. The van der Waals surface area contributed by atoms with Crippen LogP contribution in [-0.4, -0.2) is 48.3 Å². The maximum atomic E-state index is 13.8. The summed E-state index contributed by atoms with van der Waals surface area (Å²) < 4.78 is 24.3. The SMILES string of the molecule is CCOC(=O)[C@@H](C)Oc1cc(Br)c(C=Nn2c(-c3cc(C(C)C)c(OCC)cc3C)nc3ccccc3c2=O)cc1OC. The van der Waals surface area contributed by atoms with Crippen molar-refractivity contribution in [3.63, 3.8) is 0 Å². The Balaban J connectivity index is 1.85. The molecule has 4 rings (SSSR count). The average molecular weight is 651 g/mol. The highest BCUT2D eigenvalue weighted by atomic mass is 79.9. The number of hydrogen-bond acceptors (Lipinski definition) is 8. The summed E-state index contributed by atoms with van der Waals surface area (Å²) >= 11 is 3.56. The van der Waals surface area contributed by atoms with E-state index in [0.717, 1.165) is 22.4 Å². The van der Waals surface area contributed by atoms with Crippen molar-refractivity contribution in [1.82, 2.24) is 9.66 Å². The van der Waals surface area contributed by atoms with E-state index in [1.807, 2.05) is 38.1 Å². The minimum atomic E-state index is -0.835. The summed E-state index contributed by atoms with van der Waals surface area (Å²) in [7, 11) is 1.50. The van der Waals surface area contributed by atoms with E-state index in [1.165, 1.54) is 11.8 Å². The molecule has 0 aliphatic rings. The van der Waals surface area contributed by atoms with Gasteiger partial charge >= 0.3 is 5.97 Å². The fourth-order valence-corrected chi connectivity index (χ4v) is 5.02. The quantitative estimate of drug-likeness (QED) is 0.129. The second-order valence-electron chi connectivity index (χ2n) is 10.1. The number of halogens is 1. The van der Waals surface area contributed by atoms with Gasteiger partial charge in [-0.3, -0.25) is 4.79 Å². The summed E-state index contributed by atoms with van der Waals surface area (Å²) in [6.07, 6.45) is 0.720. The Labute approximate surface area is 259 Å². The van der Waals surface area contributed by atoms with Crippen molar-refractivity contribution >= 4 is 39.0 Å². The van der Waals surface area contributed by atoms with Gasteiger partial charge in [-0.25, -0.2) is 9.78 Å². The van der Waals surface area contributed by atoms with Crippen LogP contribution in [0.25, 0.3) is 22.3 Å². The molecule has 0 bridgehead atoms. The number of carbonyl (C=O) groups excluding carboxylic acids is 1. The van der Waals surface area contributed by atoms with Crippen molar-refractivity contribution in [3.8, 4) is 28.6 Å². The van der Waals surface area contributed by atoms with Crippen LogP contribution >= 0.6 is 15.9 Å². The van der Waals surface area contributed by atoms with Crippen molar-refractivity contribution in [2.24, 2.45) is 5.10 Å². The van der Waals surface area contributed by atoms with E-state index >= 15 is 0 Å². The van der Waals surface area contributed by atoms with Gasteiger partial charge < -0.3 is 18.9 Å². The molecule has 4 aromatic rings. The molecule has 1 aromatic heterocycles. The summed E-state index contributed by atoms with van der Waals surface area (Å²) in [5, 5.41) is 5.09. The highest BCUT2D eigenvalue weighted by molar-refractivity contribution is 9.10. The van der Waals surface area contributed by atoms with Gasteiger partial charge in [-0.05, 0) is 97.1 Å². The highest BCUT2D eigenvalue weighted by Gasteiger charge is 2.21. The number of aryl methyl sites for hydroxylation is 1. The lowest BCUT2D eigenvalue weighted by Gasteiger charge is -2.18. The van der Waals surface area contributed by atoms with Crippen LogP contribution in [0.15, 0.2) is 62.9 Å². The van der Waals surface area contributed by atoms with Crippen LogP contribution in [-0.2, 0) is 9.53 Å². The van der Waals surface area contributed by atoms with E-state index < -0.39 is 12.1 Å². The molecule has 3 aromatic carbocycles. The molecule has 0 aliphatic heterocycles. The normalized spacial score (nSPS) is 12.1. The molecule has 0 amide bonds. The lowest BCUT2D eigenvalue weighted by atomic mass is 9.96. The fraction of sp³-hybridized carbons (Fsp3) is 0.333. The average Bonchev–Trinajstić information content (AvgIpc) is 2.97. The molecule has 0 N–H and O–H groups in total. The number of rotatable bonds is 11. The van der Waals surface area contributed by atoms with Crippen molar-refractivity contribution in [3.05, 3.63) is 80.0 Å². The zero-order valence-electron chi connectivity index (χ0n) is 25.4. The number of ether oxygens (including phenoxy) is 4. The van der Waals surface area contributed by atoms with E-state index in [4.69, 9.17) is 23.9 Å². The van der Waals surface area contributed by atoms with Gasteiger partial charge in [0.25, 0.3) is 5.56 Å². The maximum Gasteiger partial charge on any atom is 0.347 e. The molecule has 0 saturated heterocycles. The van der Waals surface area contributed by atoms with Gasteiger partial charge in [-0.15, -0.1) is 0 Å². The Kier molecular flexibility index (Phi) is 10.2. The summed E-state index contributed by atoms with van der Waals surface area (Å²) in [6, 6.07) is 14.6. The van der Waals surface area contributed by atoms with Crippen molar-refractivity contribution in [2.75, 3.05) is 20.3 Å². The monoisotopic (exact) mass is 649 g/mol. The van der Waals surface area contributed by atoms with Crippen LogP contribution in [0.2, 0.25) is 0 Å². The number of hydrogen-bond donors (Lipinski definition) is 0. The largest absolute Gasteiger partial charge is 0.494 e. The number of benzene rings is 3. The molecule has 10 heteroatoms. The molecule has 43 heavy (non-hydrogen) atoms. The topological polar surface area (TPSA) is 101 Å². The first kappa shape index (κ1) is 31.7. The van der Waals surface area contributed by atoms with Crippen LogP contribution in [0.4, 0.5) is 0 Å². The van der Waals surface area contributed by atoms with Crippen LogP contribution in [0.5, 0.6) is 17.2 Å². The molecular weight excluding hydrogens is 614 g/mol. The van der Waals surface area contributed by atoms with Gasteiger partial charge in [0.2, 0.25) is 0 Å². The lowest BCUT2D eigenvalue weighted by Crippen LogP contribution is -2.26. The Morgan fingerprint density at radius 3 is 2.47 bits per heavy atom. The third kappa shape index (κ3) is 6.91. The lowest BCUT2D eigenvalue weighted by molar-refractivity contribution is -0.150. The van der Waals surface area contributed by atoms with Gasteiger partial charge in [-0.1, -0.05) is 26.0 Å². The summed E-state index contributed by atoms with van der Waals surface area (Å²) in [5.41, 5.74) is 3.58. The van der Waals surface area contributed by atoms with Gasteiger partial charge in [-0.2, -0.15) is 9.78 Å². The van der Waals surface area contributed by atoms with E-state index in [1.54, 1.807) is 44.3 Å². The minimum Gasteiger partial charge on any atom is -0.494 e. The number of para-hydroxylation sites is 1. The van der Waals surface area contributed by atoms with E-state index in [9.17, 15) is 9.59 Å². The second-order valence-corrected chi connectivity index (χ2v) is 11.0. The van der Waals surface area contributed by atoms with Crippen molar-refractivity contribution in [1.29, 1.82) is 0 Å². The molecule has 0 aliphatic carbocycles. The molecule has 0 unspecified atom stereocenters. The first-order chi connectivity index (χ1) is 20.6. The Bertz CT molecular complexity index is 1730. The van der Waals surface area contributed by atoms with Crippen LogP contribution < -0.4 is 19.8 Å². The fourth-order valence-electron chi connectivity index (χ4n) is 4.60. The minimum absolute atomic E-state index is 0.181. The van der Waals surface area contributed by atoms with Gasteiger partial charge in [0, 0.05) is 15.6 Å². The van der Waals surface area contributed by atoms with Crippen LogP contribution in [0, 0.1) is 6.92 Å². The Hall–Kier alpha value is -4.18. The highest BCUT2D eigenvalue weighted by Crippen LogP contribution is 2.35. The molecule has 1 atom stereocenters. The maximum absolute atomic E-state index is 13.8. The number of nitrogens with zero attached hydrogens (tertiary/aromatic N) is 3. The zero-order chi connectivity index (χ0) is 31.3. The Morgan fingerprint density at radius 1 is 1.05 bits per heavy atom. The number of methoxy groups -OCH3 is 1. The third-order valence-electron chi connectivity index (χ3n) is 6.79. The smallest absolute Gasteiger partial charge is 0.347 e. The molecule has 0 spiro atoms. The summed E-state index contributed by atoms with van der Waals surface area (Å²) in [5.74, 6) is 1.66. The first-order valence-corrected chi connectivity index (χ1v) is 14.9. The second kappa shape index (κ2) is 13.9. The number of fused-ring (bicyclic) bond motifs is 1. The molecule has 226 valence electrons. The van der Waals surface area contributed by atoms with Crippen LogP contribution in [0.3, 0.4) is 0 Å². The predicted molar refractivity (Wildman–Crippen MR) is 172 cm³/mol. The van der Waals surface area contributed by atoms with Crippen molar-refractivity contribution < 1.29 is 23.7 Å². The van der Waals surface area contributed by atoms with Gasteiger partial charge in [0.15, 0.2) is 23.4 Å². The predicted octanol–water partition coefficient (Wildman–Crippen LogP) is 6.88. The third-order valence-corrected chi connectivity index (χ3v) is 7.48. The summed E-state index contributed by atoms with van der Waals surface area (Å²) in [6.45, 7) is 12.3. The molecule has 0 radical (unpaired) electrons. The van der Waals surface area contributed by atoms with Crippen LogP contribution in [0.1, 0.15) is 57.2 Å². The first-order valence-electron chi connectivity index (χ1n) is 14.1. The van der Waals surface area contributed by atoms with E-state index in [0.29, 0.717) is 44.9 Å². The van der Waals surface area contributed by atoms with E-state index in [-0.39, 0.29) is 18.1 Å². The summed E-state index contributed by atoms with van der Waals surface area (Å²) in [4.78, 5) is 30.8. The van der Waals surface area contributed by atoms with Gasteiger partial charge in [0.05, 0.1) is 37.4 Å². The Morgan fingerprint density at radius 2 is 1.79 bits per heavy atom. The zero-order valence-corrected chi connectivity index (χ0v) is 27.0. The molecule has 0 fully saturated rings. The molecule has 0 saturated carbocycles. The standard InChI is InChI=1S/C33H36BrN3O6/c1-8-41-28-14-20(5)25(16-24(28)19(3)4)31-36-27-13-11-10-12-23(27)32(38)37(31)35-18-22-15-29(40-7)30(17-26(22)34)43-21(6)33(39)42-9-2/h10-19,21H,8-9H2,1-7H3/t21-/m1/s1. The van der Waals surface area contributed by atoms with E-state index in [2.05, 4.69) is 34.9 Å². The molecule has 9 nitrogen and oxygen atoms in total. The number of aromatic nitrogens is 2.